The highest BCUT2D eigenvalue weighted by Gasteiger charge is 2.21. The Bertz CT molecular complexity index is 1280. The van der Waals surface area contributed by atoms with E-state index >= 15 is 0 Å². The maximum Gasteiger partial charge on any atom is 0.269 e. The molecule has 0 atom stereocenters. The quantitative estimate of drug-likeness (QED) is 0.383. The zero-order valence-electron chi connectivity index (χ0n) is 17.9. The second kappa shape index (κ2) is 9.92. The number of nitro groups is 1. The average molecular weight is 506 g/mol. The van der Waals surface area contributed by atoms with Gasteiger partial charge in [-0.25, -0.2) is 17.8 Å². The largest absolute Gasteiger partial charge is 0.354 e. The molecule has 178 valence electrons. The van der Waals surface area contributed by atoms with Gasteiger partial charge < -0.3 is 4.90 Å². The first-order valence-corrected chi connectivity index (χ1v) is 12.2. The molecular weight excluding hydrogens is 485 g/mol. The molecule has 0 unspecified atom stereocenters. The van der Waals surface area contributed by atoms with Crippen molar-refractivity contribution in [3.63, 3.8) is 0 Å². The minimum Gasteiger partial charge on any atom is -0.354 e. The molecule has 1 aliphatic rings. The molecule has 2 aromatic carbocycles. The Morgan fingerprint density at radius 2 is 1.76 bits per heavy atom. The van der Waals surface area contributed by atoms with Gasteiger partial charge >= 0.3 is 0 Å². The van der Waals surface area contributed by atoms with Crippen molar-refractivity contribution in [2.75, 3.05) is 35.8 Å². The summed E-state index contributed by atoms with van der Waals surface area (Å²) in [7, 11) is -3.85. The van der Waals surface area contributed by atoms with Gasteiger partial charge in [-0.1, -0.05) is 11.6 Å². The lowest BCUT2D eigenvalue weighted by Crippen LogP contribution is -2.46. The number of halogens is 2. The number of sulfonamides is 1. The molecule has 34 heavy (non-hydrogen) atoms. The normalized spacial score (nSPS) is 14.7. The molecule has 4 rings (SSSR count). The number of non-ortho nitro benzene ring substituents is 1. The molecule has 0 radical (unpaired) electrons. The Morgan fingerprint density at radius 1 is 1.06 bits per heavy atom. The summed E-state index contributed by atoms with van der Waals surface area (Å²) in [5.74, 6) is 0.191. The minimum absolute atomic E-state index is 0.0115. The van der Waals surface area contributed by atoms with E-state index in [9.17, 15) is 22.9 Å². The van der Waals surface area contributed by atoms with Gasteiger partial charge in [0.25, 0.3) is 15.7 Å². The summed E-state index contributed by atoms with van der Waals surface area (Å²) in [6.07, 6.45) is 1.44. The summed E-state index contributed by atoms with van der Waals surface area (Å²) in [6.45, 7) is 3.28. The number of benzene rings is 2. The first kappa shape index (κ1) is 23.9. The van der Waals surface area contributed by atoms with Gasteiger partial charge in [0.1, 0.15) is 11.6 Å². The molecule has 2 heterocycles. The smallest absolute Gasteiger partial charge is 0.269 e. The van der Waals surface area contributed by atoms with Crippen LogP contribution in [-0.2, 0) is 16.6 Å². The number of hydrogen-bond donors (Lipinski definition) is 1. The van der Waals surface area contributed by atoms with Crippen molar-refractivity contribution in [1.82, 2.24) is 9.88 Å². The van der Waals surface area contributed by atoms with Crippen molar-refractivity contribution >= 4 is 38.8 Å². The molecular formula is C22H21ClFN5O4S. The number of nitro benzene ring substituents is 1. The maximum atomic E-state index is 13.1. The predicted octanol–water partition coefficient (Wildman–Crippen LogP) is 3.91. The third-order valence-corrected chi connectivity index (χ3v) is 7.22. The van der Waals surface area contributed by atoms with Crippen LogP contribution in [-0.4, -0.2) is 49.4 Å². The summed E-state index contributed by atoms with van der Waals surface area (Å²) in [4.78, 5) is 19.1. The van der Waals surface area contributed by atoms with Gasteiger partial charge in [-0.05, 0) is 48.0 Å². The Morgan fingerprint density at radius 3 is 2.38 bits per heavy atom. The van der Waals surface area contributed by atoms with E-state index in [1.807, 2.05) is 0 Å². The summed E-state index contributed by atoms with van der Waals surface area (Å²) in [5.41, 5.74) is 1.02. The minimum atomic E-state index is -3.85. The van der Waals surface area contributed by atoms with Crippen LogP contribution in [0.15, 0.2) is 65.7 Å². The molecule has 0 bridgehead atoms. The van der Waals surface area contributed by atoms with Crippen molar-refractivity contribution in [2.24, 2.45) is 0 Å². The molecule has 0 aliphatic carbocycles. The molecule has 1 fully saturated rings. The van der Waals surface area contributed by atoms with Crippen molar-refractivity contribution in [3.8, 4) is 0 Å². The fourth-order valence-corrected chi connectivity index (χ4v) is 4.85. The van der Waals surface area contributed by atoms with E-state index in [1.54, 1.807) is 18.2 Å². The molecule has 3 aromatic rings. The number of hydrogen-bond acceptors (Lipinski definition) is 7. The van der Waals surface area contributed by atoms with Gasteiger partial charge in [0, 0.05) is 49.9 Å². The third kappa shape index (κ3) is 5.61. The van der Waals surface area contributed by atoms with E-state index in [1.165, 1.54) is 30.5 Å². The maximum absolute atomic E-state index is 13.1. The standard InChI is InChI=1S/C22H21ClFN5O4S/c23-21-7-4-19(29(30)31)13-16(21)15-27-9-11-28(12-10-27)22-8-3-18(14-25-22)26-34(32,33)20-5-1-17(24)2-6-20/h1-8,13-14,26H,9-12,15H2. The van der Waals surface area contributed by atoms with Crippen molar-refractivity contribution in [2.45, 2.75) is 11.4 Å². The molecule has 0 saturated carbocycles. The van der Waals surface area contributed by atoms with Crippen LogP contribution >= 0.6 is 11.6 Å². The van der Waals surface area contributed by atoms with E-state index in [0.29, 0.717) is 54.8 Å². The SMILES string of the molecule is O=[N+]([O-])c1ccc(Cl)c(CN2CCN(c3ccc(NS(=O)(=O)c4ccc(F)cc4)cn3)CC2)c1. The number of rotatable bonds is 7. The van der Waals surface area contributed by atoms with Crippen LogP contribution in [0.1, 0.15) is 5.56 Å². The van der Waals surface area contributed by atoms with Gasteiger partial charge in [0.15, 0.2) is 0 Å². The first-order valence-electron chi connectivity index (χ1n) is 10.4. The van der Waals surface area contributed by atoms with Gasteiger partial charge in [0.2, 0.25) is 0 Å². The van der Waals surface area contributed by atoms with Crippen LogP contribution in [0.2, 0.25) is 5.02 Å². The van der Waals surface area contributed by atoms with Crippen LogP contribution in [0.5, 0.6) is 0 Å². The van der Waals surface area contributed by atoms with E-state index in [0.717, 1.165) is 12.1 Å². The molecule has 0 spiro atoms. The van der Waals surface area contributed by atoms with E-state index in [-0.39, 0.29) is 10.6 Å². The van der Waals surface area contributed by atoms with Crippen molar-refractivity contribution < 1.29 is 17.7 Å². The van der Waals surface area contributed by atoms with Crippen LogP contribution in [0.3, 0.4) is 0 Å². The van der Waals surface area contributed by atoms with Gasteiger partial charge in [-0.2, -0.15) is 0 Å². The first-order chi connectivity index (χ1) is 16.2. The Labute approximate surface area is 201 Å². The average Bonchev–Trinajstić information content (AvgIpc) is 2.81. The van der Waals surface area contributed by atoms with E-state index in [4.69, 9.17) is 11.6 Å². The topological polar surface area (TPSA) is 109 Å². The highest BCUT2D eigenvalue weighted by molar-refractivity contribution is 7.92. The highest BCUT2D eigenvalue weighted by atomic mass is 35.5. The molecule has 1 saturated heterocycles. The van der Waals surface area contributed by atoms with E-state index in [2.05, 4.69) is 19.5 Å². The Kier molecular flexibility index (Phi) is 6.96. The number of anilines is 2. The Balaban J connectivity index is 1.35. The summed E-state index contributed by atoms with van der Waals surface area (Å²) in [6, 6.07) is 12.3. The molecule has 0 amide bonds. The number of piperazine rings is 1. The number of nitrogens with one attached hydrogen (secondary N) is 1. The fraction of sp³-hybridized carbons (Fsp3) is 0.227. The lowest BCUT2D eigenvalue weighted by molar-refractivity contribution is -0.384. The molecule has 1 N–H and O–H groups in total. The lowest BCUT2D eigenvalue weighted by Gasteiger charge is -2.35. The van der Waals surface area contributed by atoms with Crippen LogP contribution in [0.25, 0.3) is 0 Å². The van der Waals surface area contributed by atoms with Crippen molar-refractivity contribution in [3.05, 3.63) is 87.3 Å². The lowest BCUT2D eigenvalue weighted by atomic mass is 10.1. The number of aromatic nitrogens is 1. The second-order valence-electron chi connectivity index (χ2n) is 7.76. The fourth-order valence-electron chi connectivity index (χ4n) is 3.63. The zero-order chi connectivity index (χ0) is 24.3. The Hall–Kier alpha value is -3.28. The highest BCUT2D eigenvalue weighted by Crippen LogP contribution is 2.25. The summed E-state index contributed by atoms with van der Waals surface area (Å²) >= 11 is 6.22. The predicted molar refractivity (Wildman–Crippen MR) is 127 cm³/mol. The monoisotopic (exact) mass is 505 g/mol. The second-order valence-corrected chi connectivity index (χ2v) is 9.85. The van der Waals surface area contributed by atoms with Gasteiger partial charge in [-0.3, -0.25) is 19.7 Å². The van der Waals surface area contributed by atoms with Gasteiger partial charge in [0.05, 0.1) is 21.7 Å². The molecule has 1 aromatic heterocycles. The molecule has 12 heteroatoms. The van der Waals surface area contributed by atoms with Gasteiger partial charge in [-0.15, -0.1) is 0 Å². The number of nitrogens with zero attached hydrogens (tertiary/aromatic N) is 4. The molecule has 1 aliphatic heterocycles. The van der Waals surface area contributed by atoms with Crippen LogP contribution in [0, 0.1) is 15.9 Å². The number of pyridine rings is 1. The third-order valence-electron chi connectivity index (χ3n) is 5.45. The van der Waals surface area contributed by atoms with Crippen LogP contribution in [0.4, 0.5) is 21.6 Å². The summed E-state index contributed by atoms with van der Waals surface area (Å²) in [5, 5.41) is 11.5. The molecule has 9 nitrogen and oxygen atoms in total. The van der Waals surface area contributed by atoms with Crippen molar-refractivity contribution in [1.29, 1.82) is 0 Å². The summed E-state index contributed by atoms with van der Waals surface area (Å²) < 4.78 is 40.4. The van der Waals surface area contributed by atoms with Crippen LogP contribution < -0.4 is 9.62 Å². The van der Waals surface area contributed by atoms with E-state index < -0.39 is 20.8 Å². The zero-order valence-corrected chi connectivity index (χ0v) is 19.5.